The molecule has 0 aromatic heterocycles. The van der Waals surface area contributed by atoms with Gasteiger partial charge in [0.2, 0.25) is 0 Å². The van der Waals surface area contributed by atoms with Gasteiger partial charge in [-0.2, -0.15) is 0 Å². The van der Waals surface area contributed by atoms with Crippen molar-refractivity contribution < 1.29 is 5.21 Å². The molecule has 0 heterocycles. The zero-order valence-electron chi connectivity index (χ0n) is 6.70. The minimum absolute atomic E-state index is 0.584. The van der Waals surface area contributed by atoms with Gasteiger partial charge in [-0.3, -0.25) is 10.3 Å². The lowest BCUT2D eigenvalue weighted by molar-refractivity contribution is 0.280. The SMILES string of the molecule is Bc1ccc(N)c(N(C)O)c1. The van der Waals surface area contributed by atoms with Crippen LogP contribution in [0.5, 0.6) is 0 Å². The average molecular weight is 150 g/mol. The second-order valence-electron chi connectivity index (χ2n) is 2.59. The first kappa shape index (κ1) is 7.95. The Morgan fingerprint density at radius 1 is 1.55 bits per heavy atom. The van der Waals surface area contributed by atoms with E-state index in [9.17, 15) is 0 Å². The summed E-state index contributed by atoms with van der Waals surface area (Å²) in [6, 6.07) is 5.51. The normalized spacial score (nSPS) is 9.64. The van der Waals surface area contributed by atoms with E-state index in [-0.39, 0.29) is 0 Å². The molecule has 4 heteroatoms. The summed E-state index contributed by atoms with van der Waals surface area (Å²) in [4.78, 5) is 0. The van der Waals surface area contributed by atoms with Crippen LogP contribution < -0.4 is 16.3 Å². The third-order valence-corrected chi connectivity index (χ3v) is 1.53. The van der Waals surface area contributed by atoms with Crippen LogP contribution in [0, 0.1) is 0 Å². The van der Waals surface area contributed by atoms with Gasteiger partial charge in [-0.05, 0) is 12.1 Å². The molecule has 1 rings (SSSR count). The first-order valence-corrected chi connectivity index (χ1v) is 3.40. The smallest absolute Gasteiger partial charge is 0.139 e. The number of anilines is 2. The summed E-state index contributed by atoms with van der Waals surface area (Å²) < 4.78 is 0. The molecule has 3 nitrogen and oxygen atoms in total. The van der Waals surface area contributed by atoms with E-state index >= 15 is 0 Å². The van der Waals surface area contributed by atoms with Crippen LogP contribution in [0.2, 0.25) is 0 Å². The van der Waals surface area contributed by atoms with Gasteiger partial charge in [-0.1, -0.05) is 11.5 Å². The lowest BCUT2D eigenvalue weighted by Crippen LogP contribution is -2.15. The van der Waals surface area contributed by atoms with Crippen LogP contribution in [-0.4, -0.2) is 20.1 Å². The fourth-order valence-corrected chi connectivity index (χ4v) is 0.934. The molecule has 11 heavy (non-hydrogen) atoms. The summed E-state index contributed by atoms with van der Waals surface area (Å²) in [6.45, 7) is 0. The molecule has 0 unspecified atom stereocenters. The summed E-state index contributed by atoms with van der Waals surface area (Å²) in [7, 11) is 3.50. The highest BCUT2D eigenvalue weighted by Gasteiger charge is 2.00. The van der Waals surface area contributed by atoms with Crippen LogP contribution in [0.1, 0.15) is 0 Å². The van der Waals surface area contributed by atoms with Crippen molar-refractivity contribution in [2.75, 3.05) is 17.8 Å². The molecule has 0 atom stereocenters. The zero-order chi connectivity index (χ0) is 8.43. The standard InChI is InChI=1S/C7H11BN2O/c1-10(11)7-4-5(8)2-3-6(7)9/h2-4,11H,8-9H2,1H3. The number of hydrogen-bond acceptors (Lipinski definition) is 3. The van der Waals surface area contributed by atoms with E-state index in [1.807, 2.05) is 20.0 Å². The number of hydrogen-bond donors (Lipinski definition) is 2. The van der Waals surface area contributed by atoms with Gasteiger partial charge in [0.25, 0.3) is 0 Å². The average Bonchev–Trinajstić information content (AvgIpc) is 1.94. The molecule has 0 spiro atoms. The molecular weight excluding hydrogens is 139 g/mol. The van der Waals surface area contributed by atoms with Gasteiger partial charge in [0, 0.05) is 7.05 Å². The highest BCUT2D eigenvalue weighted by atomic mass is 16.5. The largest absolute Gasteiger partial charge is 0.397 e. The Kier molecular flexibility index (Phi) is 2.05. The zero-order valence-corrected chi connectivity index (χ0v) is 6.70. The maximum atomic E-state index is 9.08. The first-order valence-electron chi connectivity index (χ1n) is 3.40. The first-order chi connectivity index (χ1) is 5.11. The Hall–Kier alpha value is -1.16. The van der Waals surface area contributed by atoms with E-state index < -0.39 is 0 Å². The molecule has 58 valence electrons. The summed E-state index contributed by atoms with van der Waals surface area (Å²) in [5, 5.41) is 10.1. The lowest BCUT2D eigenvalue weighted by atomic mass is 9.95. The van der Waals surface area contributed by atoms with Crippen LogP contribution in [-0.2, 0) is 0 Å². The summed E-state index contributed by atoms with van der Waals surface area (Å²) in [5.41, 5.74) is 7.89. The lowest BCUT2D eigenvalue weighted by Gasteiger charge is -2.13. The Balaban J connectivity index is 3.13. The molecule has 0 saturated carbocycles. The molecule has 0 aliphatic heterocycles. The van der Waals surface area contributed by atoms with Crippen LogP contribution in [0.15, 0.2) is 18.2 Å². The predicted octanol–water partition coefficient (Wildman–Crippen LogP) is -0.647. The van der Waals surface area contributed by atoms with Gasteiger partial charge in [0.15, 0.2) is 0 Å². The van der Waals surface area contributed by atoms with Crippen molar-refractivity contribution in [3.63, 3.8) is 0 Å². The van der Waals surface area contributed by atoms with Crippen LogP contribution >= 0.6 is 0 Å². The Labute approximate surface area is 66.8 Å². The van der Waals surface area contributed by atoms with Crippen molar-refractivity contribution in [2.45, 2.75) is 0 Å². The molecule has 0 saturated heterocycles. The maximum absolute atomic E-state index is 9.08. The second kappa shape index (κ2) is 2.84. The number of benzene rings is 1. The highest BCUT2D eigenvalue weighted by Crippen LogP contribution is 2.17. The van der Waals surface area contributed by atoms with Gasteiger partial charge in [0.05, 0.1) is 11.4 Å². The molecule has 3 N–H and O–H groups in total. The van der Waals surface area contributed by atoms with Crippen LogP contribution in [0.25, 0.3) is 0 Å². The van der Waals surface area contributed by atoms with E-state index in [1.165, 1.54) is 0 Å². The monoisotopic (exact) mass is 150 g/mol. The number of nitrogen functional groups attached to an aromatic ring is 1. The fourth-order valence-electron chi connectivity index (χ4n) is 0.934. The third-order valence-electron chi connectivity index (χ3n) is 1.53. The van der Waals surface area contributed by atoms with E-state index in [0.717, 1.165) is 10.5 Å². The topological polar surface area (TPSA) is 49.5 Å². The molecule has 0 aliphatic rings. The fraction of sp³-hybridized carbons (Fsp3) is 0.143. The van der Waals surface area contributed by atoms with Crippen molar-refractivity contribution in [2.24, 2.45) is 0 Å². The maximum Gasteiger partial charge on any atom is 0.139 e. The molecule has 0 radical (unpaired) electrons. The summed E-state index contributed by atoms with van der Waals surface area (Å²) in [6.07, 6.45) is 0. The molecule has 0 amide bonds. The van der Waals surface area contributed by atoms with E-state index in [0.29, 0.717) is 11.4 Å². The van der Waals surface area contributed by atoms with E-state index in [1.54, 1.807) is 13.1 Å². The third kappa shape index (κ3) is 1.65. The number of nitrogens with zero attached hydrogens (tertiary/aromatic N) is 1. The van der Waals surface area contributed by atoms with Gasteiger partial charge in [-0.25, -0.2) is 0 Å². The number of rotatable bonds is 1. The summed E-state index contributed by atoms with van der Waals surface area (Å²) >= 11 is 0. The highest BCUT2D eigenvalue weighted by molar-refractivity contribution is 6.32. The van der Waals surface area contributed by atoms with Crippen molar-refractivity contribution in [3.05, 3.63) is 18.2 Å². The van der Waals surface area contributed by atoms with Crippen molar-refractivity contribution in [1.82, 2.24) is 0 Å². The summed E-state index contributed by atoms with van der Waals surface area (Å²) in [5.74, 6) is 0. The minimum Gasteiger partial charge on any atom is -0.397 e. The van der Waals surface area contributed by atoms with Crippen LogP contribution in [0.4, 0.5) is 11.4 Å². The minimum atomic E-state index is 0.584. The molecule has 0 fully saturated rings. The van der Waals surface area contributed by atoms with Crippen molar-refractivity contribution in [3.8, 4) is 0 Å². The van der Waals surface area contributed by atoms with Gasteiger partial charge in [-0.15, -0.1) is 0 Å². The van der Waals surface area contributed by atoms with Crippen molar-refractivity contribution in [1.29, 1.82) is 0 Å². The quantitative estimate of drug-likeness (QED) is 0.317. The Morgan fingerprint density at radius 2 is 2.18 bits per heavy atom. The second-order valence-corrected chi connectivity index (χ2v) is 2.59. The Morgan fingerprint density at radius 3 is 2.64 bits per heavy atom. The van der Waals surface area contributed by atoms with Gasteiger partial charge < -0.3 is 5.73 Å². The molecular formula is C7H11BN2O. The number of nitrogens with two attached hydrogens (primary N) is 1. The predicted molar refractivity (Wildman–Crippen MR) is 49.2 cm³/mol. The molecule has 0 aliphatic carbocycles. The van der Waals surface area contributed by atoms with Crippen molar-refractivity contribution >= 4 is 24.7 Å². The molecule has 1 aromatic carbocycles. The molecule has 0 bridgehead atoms. The van der Waals surface area contributed by atoms with Gasteiger partial charge in [0.1, 0.15) is 7.85 Å². The van der Waals surface area contributed by atoms with E-state index in [4.69, 9.17) is 10.9 Å². The van der Waals surface area contributed by atoms with Crippen LogP contribution in [0.3, 0.4) is 0 Å². The Bertz CT molecular complexity index is 263. The number of hydroxylamine groups is 1. The van der Waals surface area contributed by atoms with E-state index in [2.05, 4.69) is 0 Å². The van der Waals surface area contributed by atoms with Gasteiger partial charge >= 0.3 is 0 Å². The molecule has 1 aromatic rings.